The van der Waals surface area contributed by atoms with Crippen LogP contribution in [0.5, 0.6) is 0 Å². The fourth-order valence-electron chi connectivity index (χ4n) is 2.35. The van der Waals surface area contributed by atoms with Crippen molar-refractivity contribution in [3.63, 3.8) is 0 Å². The Morgan fingerprint density at radius 3 is 2.72 bits per heavy atom. The van der Waals surface area contributed by atoms with Crippen LogP contribution in [0.25, 0.3) is 10.6 Å². The summed E-state index contributed by atoms with van der Waals surface area (Å²) in [4.78, 5) is 30.9. The zero-order valence-electron chi connectivity index (χ0n) is 13.6. The van der Waals surface area contributed by atoms with Crippen LogP contribution in [-0.2, 0) is 0 Å². The molecule has 5 nitrogen and oxygen atoms in total. The third-order valence-electron chi connectivity index (χ3n) is 3.62. The van der Waals surface area contributed by atoms with Gasteiger partial charge in [-0.15, -0.1) is 11.3 Å². The number of allylic oxidation sites excluding steroid dienone is 2. The van der Waals surface area contributed by atoms with Gasteiger partial charge in [-0.25, -0.2) is 13.8 Å². The van der Waals surface area contributed by atoms with Crippen molar-refractivity contribution < 1.29 is 18.4 Å². The van der Waals surface area contributed by atoms with E-state index in [4.69, 9.17) is 0 Å². The number of carbonyl (C=O) groups excluding carboxylic acids is 2. The lowest BCUT2D eigenvalue weighted by atomic mass is 10.0. The minimum absolute atomic E-state index is 0.0215. The quantitative estimate of drug-likeness (QED) is 0.884. The van der Waals surface area contributed by atoms with E-state index >= 15 is 0 Å². The summed E-state index contributed by atoms with van der Waals surface area (Å²) in [5.74, 6) is -2.08. The van der Waals surface area contributed by atoms with Crippen molar-refractivity contribution >= 4 is 22.9 Å². The lowest BCUT2D eigenvalue weighted by Gasteiger charge is -2.15. The molecule has 0 atom stereocenters. The van der Waals surface area contributed by atoms with E-state index in [1.54, 1.807) is 0 Å². The molecule has 0 bridgehead atoms. The van der Waals surface area contributed by atoms with Crippen molar-refractivity contribution in [1.29, 1.82) is 0 Å². The van der Waals surface area contributed by atoms with Gasteiger partial charge in [0, 0.05) is 24.7 Å². The Balaban J connectivity index is 1.91. The number of fused-ring (bicyclic) bond motifs is 1. The standard InChI is InChI=1S/C17H15F2N3O2S/c1-22(2)6-5-20-12-8-13(23)14-16(15(12)24)25-17(21-14)10-7-9(18)3-4-11(10)19/h3-4,7-8,20H,5-6H2,1-2H3. The lowest BCUT2D eigenvalue weighted by Crippen LogP contribution is -2.31. The van der Waals surface area contributed by atoms with Crippen molar-refractivity contribution in [2.75, 3.05) is 27.2 Å². The van der Waals surface area contributed by atoms with Crippen LogP contribution in [-0.4, -0.2) is 48.6 Å². The fourth-order valence-corrected chi connectivity index (χ4v) is 3.39. The van der Waals surface area contributed by atoms with Crippen molar-refractivity contribution in [2.24, 2.45) is 0 Å². The van der Waals surface area contributed by atoms with Gasteiger partial charge in [0.25, 0.3) is 0 Å². The molecule has 0 radical (unpaired) electrons. The van der Waals surface area contributed by atoms with Gasteiger partial charge in [-0.1, -0.05) is 0 Å². The van der Waals surface area contributed by atoms with E-state index in [-0.39, 0.29) is 32.6 Å². The molecule has 2 aromatic rings. The molecule has 1 aliphatic carbocycles. The van der Waals surface area contributed by atoms with Crippen molar-refractivity contribution in [3.8, 4) is 10.6 Å². The van der Waals surface area contributed by atoms with E-state index < -0.39 is 17.4 Å². The first-order valence-corrected chi connectivity index (χ1v) is 8.34. The summed E-state index contributed by atoms with van der Waals surface area (Å²) in [6.45, 7) is 1.19. The van der Waals surface area contributed by atoms with Crippen LogP contribution in [0.3, 0.4) is 0 Å². The predicted molar refractivity (Wildman–Crippen MR) is 90.8 cm³/mol. The molecule has 25 heavy (non-hydrogen) atoms. The van der Waals surface area contributed by atoms with Gasteiger partial charge in [0.1, 0.15) is 27.2 Å². The van der Waals surface area contributed by atoms with Gasteiger partial charge in [0.05, 0.1) is 5.70 Å². The molecule has 1 aliphatic rings. The number of Topliss-reactive ketones (excluding diaryl/α,β-unsaturated/α-hetero) is 1. The zero-order chi connectivity index (χ0) is 18.1. The third-order valence-corrected chi connectivity index (χ3v) is 4.71. The normalized spacial score (nSPS) is 13.9. The van der Waals surface area contributed by atoms with Gasteiger partial charge >= 0.3 is 0 Å². The highest BCUT2D eigenvalue weighted by atomic mass is 32.1. The first-order valence-electron chi connectivity index (χ1n) is 7.52. The first kappa shape index (κ1) is 17.4. The molecule has 1 N–H and O–H groups in total. The number of hydrogen-bond donors (Lipinski definition) is 1. The van der Waals surface area contributed by atoms with Gasteiger partial charge in [-0.3, -0.25) is 9.59 Å². The zero-order valence-corrected chi connectivity index (χ0v) is 14.4. The van der Waals surface area contributed by atoms with E-state index in [2.05, 4.69) is 10.3 Å². The van der Waals surface area contributed by atoms with Crippen molar-refractivity contribution in [3.05, 3.63) is 52.2 Å². The van der Waals surface area contributed by atoms with Crippen LogP contribution in [0.1, 0.15) is 20.2 Å². The topological polar surface area (TPSA) is 62.3 Å². The highest BCUT2D eigenvalue weighted by molar-refractivity contribution is 7.17. The molecule has 0 aliphatic heterocycles. The molecule has 1 heterocycles. The molecule has 0 spiro atoms. The van der Waals surface area contributed by atoms with Crippen LogP contribution in [0.15, 0.2) is 30.0 Å². The summed E-state index contributed by atoms with van der Waals surface area (Å²) < 4.78 is 27.3. The number of thiazole rings is 1. The molecular formula is C17H15F2N3O2S. The summed E-state index contributed by atoms with van der Waals surface area (Å²) >= 11 is 0.887. The molecule has 0 saturated heterocycles. The number of nitrogens with zero attached hydrogens (tertiary/aromatic N) is 2. The number of aromatic nitrogens is 1. The Labute approximate surface area is 147 Å². The van der Waals surface area contributed by atoms with Crippen LogP contribution < -0.4 is 5.32 Å². The minimum Gasteiger partial charge on any atom is -0.380 e. The average Bonchev–Trinajstić information content (AvgIpc) is 3.00. The molecule has 3 rings (SSSR count). The molecule has 130 valence electrons. The van der Waals surface area contributed by atoms with E-state index in [1.165, 1.54) is 6.08 Å². The highest BCUT2D eigenvalue weighted by Crippen LogP contribution is 2.33. The number of likely N-dealkylation sites (N-methyl/N-ethyl adjacent to an activating group) is 1. The number of hydrogen-bond acceptors (Lipinski definition) is 6. The lowest BCUT2D eigenvalue weighted by molar-refractivity contribution is 0.0978. The molecule has 0 saturated carbocycles. The molecule has 0 fully saturated rings. The average molecular weight is 363 g/mol. The van der Waals surface area contributed by atoms with Gasteiger partial charge in [-0.05, 0) is 32.3 Å². The second kappa shape index (κ2) is 6.81. The second-order valence-corrected chi connectivity index (χ2v) is 6.80. The first-order chi connectivity index (χ1) is 11.9. The van der Waals surface area contributed by atoms with Gasteiger partial charge in [-0.2, -0.15) is 0 Å². The van der Waals surface area contributed by atoms with Crippen LogP contribution >= 0.6 is 11.3 Å². The smallest absolute Gasteiger partial charge is 0.221 e. The van der Waals surface area contributed by atoms with Gasteiger partial charge in [0.15, 0.2) is 0 Å². The maximum Gasteiger partial charge on any atom is 0.221 e. The monoisotopic (exact) mass is 363 g/mol. The molecule has 0 amide bonds. The summed E-state index contributed by atoms with van der Waals surface area (Å²) in [7, 11) is 3.79. The number of nitrogens with one attached hydrogen (secondary N) is 1. The van der Waals surface area contributed by atoms with Crippen molar-refractivity contribution in [2.45, 2.75) is 0 Å². The number of carbonyl (C=O) groups is 2. The van der Waals surface area contributed by atoms with Gasteiger partial charge in [0.2, 0.25) is 11.6 Å². The Morgan fingerprint density at radius 1 is 1.24 bits per heavy atom. The Hall–Kier alpha value is -2.45. The largest absolute Gasteiger partial charge is 0.380 e. The Morgan fingerprint density at radius 2 is 2.00 bits per heavy atom. The number of ketones is 2. The Kier molecular flexibility index (Phi) is 4.73. The number of benzene rings is 1. The van der Waals surface area contributed by atoms with E-state index in [0.717, 1.165) is 29.5 Å². The molecule has 1 aromatic heterocycles. The number of rotatable bonds is 5. The minimum atomic E-state index is -0.662. The SMILES string of the molecule is CN(C)CCNC1=CC(=O)c2nc(-c3cc(F)ccc3F)sc2C1=O. The van der Waals surface area contributed by atoms with Gasteiger partial charge < -0.3 is 10.2 Å². The predicted octanol–water partition coefficient (Wildman–Crippen LogP) is 2.50. The fraction of sp³-hybridized carbons (Fsp3) is 0.235. The summed E-state index contributed by atoms with van der Waals surface area (Å²) in [5, 5.41) is 3.04. The molecule has 0 unspecified atom stereocenters. The maximum absolute atomic E-state index is 13.9. The summed E-state index contributed by atoms with van der Waals surface area (Å²) in [6.07, 6.45) is 1.20. The number of halogens is 2. The second-order valence-electron chi connectivity index (χ2n) is 5.80. The maximum atomic E-state index is 13.9. The van der Waals surface area contributed by atoms with Crippen LogP contribution in [0, 0.1) is 11.6 Å². The highest BCUT2D eigenvalue weighted by Gasteiger charge is 2.30. The summed E-state index contributed by atoms with van der Waals surface area (Å²) in [5.41, 5.74) is 0.100. The van der Waals surface area contributed by atoms with Crippen LogP contribution in [0.2, 0.25) is 0 Å². The van der Waals surface area contributed by atoms with Crippen LogP contribution in [0.4, 0.5) is 8.78 Å². The summed E-state index contributed by atoms with van der Waals surface area (Å²) in [6, 6.07) is 2.98. The van der Waals surface area contributed by atoms with E-state index in [1.807, 2.05) is 19.0 Å². The van der Waals surface area contributed by atoms with E-state index in [9.17, 15) is 18.4 Å². The van der Waals surface area contributed by atoms with E-state index in [0.29, 0.717) is 13.1 Å². The Bertz CT molecular complexity index is 890. The third kappa shape index (κ3) is 3.49. The van der Waals surface area contributed by atoms with Crippen molar-refractivity contribution in [1.82, 2.24) is 15.2 Å². The molecular weight excluding hydrogens is 348 g/mol. The molecule has 1 aromatic carbocycles. The molecule has 8 heteroatoms.